The second-order valence-electron chi connectivity index (χ2n) is 4.88. The molecule has 0 aromatic heterocycles. The highest BCUT2D eigenvalue weighted by atomic mass is 19.1. The number of halogens is 1. The predicted octanol–water partition coefficient (Wildman–Crippen LogP) is 1.21. The summed E-state index contributed by atoms with van der Waals surface area (Å²) in [6.07, 6.45) is 1.56. The first-order valence-corrected chi connectivity index (χ1v) is 6.60. The molecular weight excluding hydrogens is 245 g/mol. The molecule has 19 heavy (non-hydrogen) atoms. The number of hydrogen-bond donors (Lipinski definition) is 1. The minimum atomic E-state index is -0.283. The number of nitrogens with two attached hydrogens (primary N) is 1. The Kier molecular flexibility index (Phi) is 4.37. The first-order valence-electron chi connectivity index (χ1n) is 6.60. The Morgan fingerprint density at radius 2 is 2.32 bits per heavy atom. The molecule has 0 bridgehead atoms. The van der Waals surface area contributed by atoms with Crippen molar-refractivity contribution in [1.29, 1.82) is 0 Å². The number of carbonyl (C=O) groups is 1. The summed E-state index contributed by atoms with van der Waals surface area (Å²) < 4.78 is 13.4. The first kappa shape index (κ1) is 13.8. The number of amides is 1. The monoisotopic (exact) mass is 265 g/mol. The number of benzene rings is 1. The third-order valence-electron chi connectivity index (χ3n) is 3.52. The van der Waals surface area contributed by atoms with Gasteiger partial charge in [-0.15, -0.1) is 0 Å². The van der Waals surface area contributed by atoms with E-state index in [1.807, 2.05) is 11.0 Å². The summed E-state index contributed by atoms with van der Waals surface area (Å²) in [7, 11) is 1.80. The van der Waals surface area contributed by atoms with Crippen LogP contribution in [0.25, 0.3) is 0 Å². The largest absolute Gasteiger partial charge is 0.359 e. The van der Waals surface area contributed by atoms with Crippen LogP contribution >= 0.6 is 0 Å². The van der Waals surface area contributed by atoms with Crippen LogP contribution in [0.3, 0.4) is 0 Å². The zero-order chi connectivity index (χ0) is 13.8. The predicted molar refractivity (Wildman–Crippen MR) is 73.5 cm³/mol. The van der Waals surface area contributed by atoms with Gasteiger partial charge in [0.2, 0.25) is 5.91 Å². The van der Waals surface area contributed by atoms with Gasteiger partial charge in [-0.3, -0.25) is 4.79 Å². The van der Waals surface area contributed by atoms with E-state index in [4.69, 9.17) is 5.73 Å². The lowest BCUT2D eigenvalue weighted by atomic mass is 10.1. The van der Waals surface area contributed by atoms with Gasteiger partial charge in [0, 0.05) is 25.8 Å². The lowest BCUT2D eigenvalue weighted by Crippen LogP contribution is -2.42. The molecule has 0 saturated carbocycles. The number of rotatable bonds is 5. The summed E-state index contributed by atoms with van der Waals surface area (Å²) in [5, 5.41) is 0. The molecule has 4 nitrogen and oxygen atoms in total. The minimum Gasteiger partial charge on any atom is -0.359 e. The van der Waals surface area contributed by atoms with Crippen molar-refractivity contribution in [1.82, 2.24) is 4.90 Å². The molecule has 104 valence electrons. The van der Waals surface area contributed by atoms with E-state index in [9.17, 15) is 9.18 Å². The molecule has 0 aliphatic carbocycles. The molecule has 1 aromatic carbocycles. The third kappa shape index (κ3) is 3.04. The maximum absolute atomic E-state index is 13.4. The maximum atomic E-state index is 13.4. The molecule has 1 heterocycles. The standard InChI is InChI=1S/C14H20FN3O/c1-17-9-6-13(14(17)19)18(8-3-7-16)12-5-2-4-11(15)10-12/h2,4-5,10,13H,3,6-9,16H2,1H3. The van der Waals surface area contributed by atoms with E-state index in [-0.39, 0.29) is 17.8 Å². The fourth-order valence-electron chi connectivity index (χ4n) is 2.47. The van der Waals surface area contributed by atoms with Crippen LogP contribution in [0.15, 0.2) is 24.3 Å². The normalized spacial score (nSPS) is 19.0. The fourth-order valence-corrected chi connectivity index (χ4v) is 2.47. The topological polar surface area (TPSA) is 49.6 Å². The molecule has 1 aromatic rings. The Bertz CT molecular complexity index is 452. The zero-order valence-corrected chi connectivity index (χ0v) is 11.2. The van der Waals surface area contributed by atoms with Crippen molar-refractivity contribution in [3.05, 3.63) is 30.1 Å². The Hall–Kier alpha value is -1.62. The van der Waals surface area contributed by atoms with Crippen molar-refractivity contribution in [2.45, 2.75) is 18.9 Å². The van der Waals surface area contributed by atoms with E-state index >= 15 is 0 Å². The van der Waals surface area contributed by atoms with Crippen LogP contribution in [0.4, 0.5) is 10.1 Å². The van der Waals surface area contributed by atoms with Crippen molar-refractivity contribution in [3.63, 3.8) is 0 Å². The summed E-state index contributed by atoms with van der Waals surface area (Å²) in [6, 6.07) is 6.20. The highest BCUT2D eigenvalue weighted by molar-refractivity contribution is 5.87. The molecule has 1 unspecified atom stereocenters. The number of likely N-dealkylation sites (N-methyl/N-ethyl adjacent to an activating group) is 1. The number of carbonyl (C=O) groups excluding carboxylic acids is 1. The number of hydrogen-bond acceptors (Lipinski definition) is 3. The number of nitrogens with zero attached hydrogens (tertiary/aromatic N) is 2. The van der Waals surface area contributed by atoms with Gasteiger partial charge in [0.15, 0.2) is 0 Å². The van der Waals surface area contributed by atoms with Gasteiger partial charge in [-0.25, -0.2) is 4.39 Å². The summed E-state index contributed by atoms with van der Waals surface area (Å²) >= 11 is 0. The van der Waals surface area contributed by atoms with Crippen LogP contribution < -0.4 is 10.6 Å². The SMILES string of the molecule is CN1CCC(N(CCCN)c2cccc(F)c2)C1=O. The van der Waals surface area contributed by atoms with Gasteiger partial charge in [-0.1, -0.05) is 6.07 Å². The smallest absolute Gasteiger partial charge is 0.245 e. The van der Waals surface area contributed by atoms with Crippen LogP contribution in [-0.4, -0.2) is 43.5 Å². The Balaban J connectivity index is 2.23. The van der Waals surface area contributed by atoms with Crippen molar-refractivity contribution in [3.8, 4) is 0 Å². The van der Waals surface area contributed by atoms with E-state index in [1.165, 1.54) is 12.1 Å². The van der Waals surface area contributed by atoms with Gasteiger partial charge in [0.1, 0.15) is 11.9 Å². The molecule has 1 saturated heterocycles. The van der Waals surface area contributed by atoms with E-state index in [0.717, 1.165) is 25.1 Å². The van der Waals surface area contributed by atoms with Crippen LogP contribution in [0, 0.1) is 5.82 Å². The maximum Gasteiger partial charge on any atom is 0.245 e. The Morgan fingerprint density at radius 1 is 1.53 bits per heavy atom. The second-order valence-corrected chi connectivity index (χ2v) is 4.88. The van der Waals surface area contributed by atoms with Gasteiger partial charge < -0.3 is 15.5 Å². The molecule has 5 heteroatoms. The number of likely N-dealkylation sites (tertiary alicyclic amines) is 1. The molecule has 1 atom stereocenters. The lowest BCUT2D eigenvalue weighted by Gasteiger charge is -2.29. The summed E-state index contributed by atoms with van der Waals surface area (Å²) in [5.74, 6) is -0.185. The third-order valence-corrected chi connectivity index (χ3v) is 3.52. The van der Waals surface area contributed by atoms with Crippen molar-refractivity contribution in [2.75, 3.05) is 31.6 Å². The van der Waals surface area contributed by atoms with Crippen LogP contribution in [0.5, 0.6) is 0 Å². The average molecular weight is 265 g/mol. The van der Waals surface area contributed by atoms with Crippen molar-refractivity contribution in [2.24, 2.45) is 5.73 Å². The van der Waals surface area contributed by atoms with Gasteiger partial charge >= 0.3 is 0 Å². The lowest BCUT2D eigenvalue weighted by molar-refractivity contribution is -0.127. The van der Waals surface area contributed by atoms with Gasteiger partial charge in [0.05, 0.1) is 0 Å². The molecule has 2 N–H and O–H groups in total. The van der Waals surface area contributed by atoms with E-state index in [0.29, 0.717) is 13.1 Å². The quantitative estimate of drug-likeness (QED) is 0.870. The van der Waals surface area contributed by atoms with Crippen LogP contribution in [0.1, 0.15) is 12.8 Å². The Labute approximate surface area is 113 Å². The van der Waals surface area contributed by atoms with Gasteiger partial charge in [-0.05, 0) is 37.6 Å². The van der Waals surface area contributed by atoms with E-state index in [1.54, 1.807) is 18.0 Å². The molecule has 2 rings (SSSR count). The second kappa shape index (κ2) is 6.02. The molecule has 1 aliphatic rings. The van der Waals surface area contributed by atoms with Crippen LogP contribution in [-0.2, 0) is 4.79 Å². The molecule has 1 aliphatic heterocycles. The van der Waals surface area contributed by atoms with Crippen molar-refractivity contribution < 1.29 is 9.18 Å². The fraction of sp³-hybridized carbons (Fsp3) is 0.500. The van der Waals surface area contributed by atoms with Crippen LogP contribution in [0.2, 0.25) is 0 Å². The van der Waals surface area contributed by atoms with Crippen molar-refractivity contribution >= 4 is 11.6 Å². The zero-order valence-electron chi connectivity index (χ0n) is 11.2. The highest BCUT2D eigenvalue weighted by Crippen LogP contribution is 2.24. The molecule has 1 fully saturated rings. The van der Waals surface area contributed by atoms with E-state index < -0.39 is 0 Å². The molecule has 0 spiro atoms. The Morgan fingerprint density at radius 3 is 2.89 bits per heavy atom. The first-order chi connectivity index (χ1) is 9.13. The summed E-state index contributed by atoms with van der Waals surface area (Å²) in [6.45, 7) is 1.98. The minimum absolute atomic E-state index is 0.0984. The highest BCUT2D eigenvalue weighted by Gasteiger charge is 2.33. The molecular formula is C14H20FN3O. The van der Waals surface area contributed by atoms with Gasteiger partial charge in [0.25, 0.3) is 0 Å². The molecule has 0 radical (unpaired) electrons. The summed E-state index contributed by atoms with van der Waals surface area (Å²) in [5.41, 5.74) is 6.30. The van der Waals surface area contributed by atoms with Gasteiger partial charge in [-0.2, -0.15) is 0 Å². The summed E-state index contributed by atoms with van der Waals surface area (Å²) in [4.78, 5) is 15.8. The molecule has 1 amide bonds. The average Bonchev–Trinajstić information content (AvgIpc) is 2.72. The number of anilines is 1. The van der Waals surface area contributed by atoms with E-state index in [2.05, 4.69) is 0 Å².